The molecule has 23 heavy (non-hydrogen) atoms. The van der Waals surface area contributed by atoms with Crippen molar-refractivity contribution < 1.29 is 24.2 Å². The largest absolute Gasteiger partial charge is 0.480 e. The van der Waals surface area contributed by atoms with Crippen molar-refractivity contribution in [1.29, 1.82) is 0 Å². The van der Waals surface area contributed by atoms with Crippen LogP contribution in [0.4, 0.5) is 4.79 Å². The Morgan fingerprint density at radius 1 is 1.17 bits per heavy atom. The van der Waals surface area contributed by atoms with E-state index < -0.39 is 23.1 Å². The first kappa shape index (κ1) is 19.3. The first-order valence-electron chi connectivity index (χ1n) is 7.82. The fourth-order valence-corrected chi connectivity index (χ4v) is 2.43. The SMILES string of the molecule is CC(C)(C)OC(=O)N1CC[C@H](N(CC(=O)O)C(=O)C(C)(C)C)C1. The first-order valence-corrected chi connectivity index (χ1v) is 7.82. The van der Waals surface area contributed by atoms with E-state index >= 15 is 0 Å². The molecule has 1 aliphatic heterocycles. The molecule has 1 heterocycles. The second kappa shape index (κ2) is 6.76. The molecule has 1 N–H and O–H groups in total. The van der Waals surface area contributed by atoms with E-state index in [-0.39, 0.29) is 18.5 Å². The number of hydrogen-bond donors (Lipinski definition) is 1. The summed E-state index contributed by atoms with van der Waals surface area (Å²) in [5.74, 6) is -1.28. The Kier molecular flexibility index (Phi) is 5.66. The van der Waals surface area contributed by atoms with Crippen LogP contribution in [0, 0.1) is 5.41 Å². The zero-order valence-corrected chi connectivity index (χ0v) is 14.9. The molecule has 0 unspecified atom stereocenters. The molecule has 1 rings (SSSR count). The van der Waals surface area contributed by atoms with E-state index in [1.165, 1.54) is 9.80 Å². The molecule has 0 aliphatic carbocycles. The second-order valence-corrected chi connectivity index (χ2v) is 7.95. The van der Waals surface area contributed by atoms with Gasteiger partial charge in [-0.3, -0.25) is 9.59 Å². The van der Waals surface area contributed by atoms with Crippen LogP contribution in [0.3, 0.4) is 0 Å². The van der Waals surface area contributed by atoms with Gasteiger partial charge >= 0.3 is 12.1 Å². The van der Waals surface area contributed by atoms with Crippen molar-refractivity contribution in [2.24, 2.45) is 5.41 Å². The molecule has 0 aromatic heterocycles. The number of hydrogen-bond acceptors (Lipinski definition) is 4. The van der Waals surface area contributed by atoms with Gasteiger partial charge in [-0.1, -0.05) is 20.8 Å². The second-order valence-electron chi connectivity index (χ2n) is 7.95. The van der Waals surface area contributed by atoms with Crippen LogP contribution in [-0.4, -0.2) is 64.2 Å². The third-order valence-corrected chi connectivity index (χ3v) is 3.46. The molecule has 7 heteroatoms. The number of likely N-dealkylation sites (tertiary alicyclic amines) is 1. The summed E-state index contributed by atoms with van der Waals surface area (Å²) in [6.07, 6.45) is 0.118. The van der Waals surface area contributed by atoms with Gasteiger partial charge in [-0.15, -0.1) is 0 Å². The number of carbonyl (C=O) groups is 3. The Hall–Kier alpha value is -1.79. The zero-order chi connectivity index (χ0) is 18.0. The van der Waals surface area contributed by atoms with Crippen LogP contribution in [0.15, 0.2) is 0 Å². The van der Waals surface area contributed by atoms with Crippen LogP contribution in [0.5, 0.6) is 0 Å². The van der Waals surface area contributed by atoms with Gasteiger partial charge in [0.1, 0.15) is 12.1 Å². The molecule has 7 nitrogen and oxygen atoms in total. The van der Waals surface area contributed by atoms with Crippen molar-refractivity contribution >= 4 is 18.0 Å². The van der Waals surface area contributed by atoms with Gasteiger partial charge in [0, 0.05) is 18.5 Å². The maximum absolute atomic E-state index is 12.5. The highest BCUT2D eigenvalue weighted by Gasteiger charge is 2.38. The maximum Gasteiger partial charge on any atom is 0.410 e. The van der Waals surface area contributed by atoms with E-state index in [0.717, 1.165) is 0 Å². The molecule has 0 saturated carbocycles. The Bertz CT molecular complexity index is 476. The third kappa shape index (κ3) is 5.73. The first-order chi connectivity index (χ1) is 10.3. The summed E-state index contributed by atoms with van der Waals surface area (Å²) < 4.78 is 5.33. The highest BCUT2D eigenvalue weighted by molar-refractivity contribution is 5.85. The highest BCUT2D eigenvalue weighted by Crippen LogP contribution is 2.24. The minimum atomic E-state index is -1.06. The topological polar surface area (TPSA) is 87.2 Å². The van der Waals surface area contributed by atoms with E-state index in [4.69, 9.17) is 9.84 Å². The molecule has 1 aliphatic rings. The average molecular weight is 328 g/mol. The molecule has 2 amide bonds. The van der Waals surface area contributed by atoms with Crippen LogP contribution >= 0.6 is 0 Å². The molecular formula is C16H28N2O5. The zero-order valence-electron chi connectivity index (χ0n) is 14.9. The lowest BCUT2D eigenvalue weighted by Gasteiger charge is -2.33. The predicted molar refractivity (Wildman–Crippen MR) is 85.0 cm³/mol. The van der Waals surface area contributed by atoms with Crippen LogP contribution in [0.25, 0.3) is 0 Å². The van der Waals surface area contributed by atoms with Crippen LogP contribution in [0.2, 0.25) is 0 Å². The highest BCUT2D eigenvalue weighted by atomic mass is 16.6. The molecule has 1 fully saturated rings. The predicted octanol–water partition coefficient (Wildman–Crippen LogP) is 1.96. The molecule has 1 atom stereocenters. The van der Waals surface area contributed by atoms with Crippen LogP contribution in [0.1, 0.15) is 48.0 Å². The molecule has 0 radical (unpaired) electrons. The Morgan fingerprint density at radius 3 is 2.17 bits per heavy atom. The van der Waals surface area contributed by atoms with Gasteiger partial charge in [0.25, 0.3) is 0 Å². The molecule has 132 valence electrons. The van der Waals surface area contributed by atoms with Gasteiger partial charge in [-0.05, 0) is 27.2 Å². The Morgan fingerprint density at radius 2 is 1.74 bits per heavy atom. The number of nitrogens with zero attached hydrogens (tertiary/aromatic N) is 2. The van der Waals surface area contributed by atoms with Gasteiger partial charge in [-0.2, -0.15) is 0 Å². The number of carboxylic acids is 1. The monoisotopic (exact) mass is 328 g/mol. The van der Waals surface area contributed by atoms with Crippen molar-refractivity contribution in [3.8, 4) is 0 Å². The number of carboxylic acid groups (broad SMARTS) is 1. The van der Waals surface area contributed by atoms with E-state index in [0.29, 0.717) is 19.5 Å². The van der Waals surface area contributed by atoms with E-state index in [2.05, 4.69) is 0 Å². The maximum atomic E-state index is 12.5. The summed E-state index contributed by atoms with van der Waals surface area (Å²) in [6, 6.07) is -0.301. The summed E-state index contributed by atoms with van der Waals surface area (Å²) in [4.78, 5) is 38.6. The van der Waals surface area contributed by atoms with Crippen molar-refractivity contribution in [1.82, 2.24) is 9.80 Å². The summed E-state index contributed by atoms with van der Waals surface area (Å²) in [6.45, 7) is 11.0. The van der Waals surface area contributed by atoms with Crippen LogP contribution in [-0.2, 0) is 14.3 Å². The van der Waals surface area contributed by atoms with E-state index in [9.17, 15) is 14.4 Å². The number of aliphatic carboxylic acids is 1. The summed E-state index contributed by atoms with van der Waals surface area (Å²) in [5.41, 5.74) is -1.26. The quantitative estimate of drug-likeness (QED) is 0.855. The van der Waals surface area contributed by atoms with E-state index in [1.54, 1.807) is 41.5 Å². The standard InChI is InChI=1S/C16H28N2O5/c1-15(2,3)13(21)18(10-12(19)20)11-7-8-17(9-11)14(22)23-16(4,5)6/h11H,7-10H2,1-6H3,(H,19,20)/t11-/m0/s1. The Labute approximate surface area is 137 Å². The molecule has 0 aromatic carbocycles. The molecule has 0 aromatic rings. The summed E-state index contributed by atoms with van der Waals surface area (Å²) >= 11 is 0. The molecule has 0 spiro atoms. The number of carbonyl (C=O) groups excluding carboxylic acids is 2. The van der Waals surface area contributed by atoms with Gasteiger partial charge in [-0.25, -0.2) is 4.79 Å². The Balaban J connectivity index is 2.81. The number of rotatable bonds is 3. The average Bonchev–Trinajstić information content (AvgIpc) is 2.81. The summed E-state index contributed by atoms with van der Waals surface area (Å²) in [5, 5.41) is 9.09. The fourth-order valence-electron chi connectivity index (χ4n) is 2.43. The van der Waals surface area contributed by atoms with Gasteiger partial charge in [0.15, 0.2) is 0 Å². The number of amides is 2. The normalized spacial score (nSPS) is 18.7. The lowest BCUT2D eigenvalue weighted by atomic mass is 9.93. The minimum Gasteiger partial charge on any atom is -0.480 e. The van der Waals surface area contributed by atoms with Crippen molar-refractivity contribution in [3.63, 3.8) is 0 Å². The van der Waals surface area contributed by atoms with E-state index in [1.807, 2.05) is 0 Å². The minimum absolute atomic E-state index is 0.226. The molecule has 0 bridgehead atoms. The molecule has 1 saturated heterocycles. The summed E-state index contributed by atoms with van der Waals surface area (Å²) in [7, 11) is 0. The fraction of sp³-hybridized carbons (Fsp3) is 0.812. The van der Waals surface area contributed by atoms with Crippen molar-refractivity contribution in [2.45, 2.75) is 59.6 Å². The number of ether oxygens (including phenoxy) is 1. The van der Waals surface area contributed by atoms with Gasteiger partial charge < -0.3 is 19.6 Å². The van der Waals surface area contributed by atoms with Gasteiger partial charge in [0.2, 0.25) is 5.91 Å². The lowest BCUT2D eigenvalue weighted by Crippen LogP contribution is -2.49. The lowest BCUT2D eigenvalue weighted by molar-refractivity contribution is -0.150. The smallest absolute Gasteiger partial charge is 0.410 e. The van der Waals surface area contributed by atoms with Crippen molar-refractivity contribution in [3.05, 3.63) is 0 Å². The molecular weight excluding hydrogens is 300 g/mol. The van der Waals surface area contributed by atoms with Crippen molar-refractivity contribution in [2.75, 3.05) is 19.6 Å². The van der Waals surface area contributed by atoms with Gasteiger partial charge in [0.05, 0.1) is 6.04 Å². The van der Waals surface area contributed by atoms with Crippen LogP contribution < -0.4 is 0 Å². The third-order valence-electron chi connectivity index (χ3n) is 3.46.